The highest BCUT2D eigenvalue weighted by molar-refractivity contribution is 7.89. The molecular formula is C13H22N4O5S. The molecule has 10 heteroatoms. The Morgan fingerprint density at radius 2 is 2.35 bits per heavy atom. The van der Waals surface area contributed by atoms with Crippen molar-refractivity contribution in [1.82, 2.24) is 14.7 Å². The largest absolute Gasteiger partial charge is 0.476 e. The molecule has 0 radical (unpaired) electrons. The number of ether oxygens (including phenoxy) is 2. The summed E-state index contributed by atoms with van der Waals surface area (Å²) >= 11 is 0. The first-order chi connectivity index (χ1) is 10.8. The average Bonchev–Trinajstić information content (AvgIpc) is 2.90. The summed E-state index contributed by atoms with van der Waals surface area (Å²) in [5, 5.41) is 9.09. The molecule has 0 aromatic carbocycles. The van der Waals surface area contributed by atoms with Crippen LogP contribution in [0, 0.1) is 5.92 Å². The first-order valence-corrected chi connectivity index (χ1v) is 8.96. The van der Waals surface area contributed by atoms with E-state index in [1.54, 1.807) is 7.05 Å². The number of rotatable bonds is 6. The van der Waals surface area contributed by atoms with Crippen molar-refractivity contribution in [3.63, 3.8) is 0 Å². The van der Waals surface area contributed by atoms with Crippen molar-refractivity contribution in [1.29, 1.82) is 0 Å². The summed E-state index contributed by atoms with van der Waals surface area (Å²) in [5.41, 5.74) is 0. The summed E-state index contributed by atoms with van der Waals surface area (Å²) < 4.78 is 34.9. The van der Waals surface area contributed by atoms with Crippen LogP contribution in [0.4, 0.5) is 4.79 Å². The number of hydrogen-bond donors (Lipinski definition) is 1. The maximum absolute atomic E-state index is 11.8. The lowest BCUT2D eigenvalue weighted by atomic mass is 10.1. The molecule has 130 valence electrons. The van der Waals surface area contributed by atoms with E-state index in [4.69, 9.17) is 14.6 Å². The molecule has 1 amide bonds. The molecule has 2 rings (SSSR count). The molecule has 1 aromatic rings. The molecule has 0 spiro atoms. The average molecular weight is 346 g/mol. The fourth-order valence-electron chi connectivity index (χ4n) is 2.31. The Morgan fingerprint density at radius 1 is 1.61 bits per heavy atom. The van der Waals surface area contributed by atoms with Crippen LogP contribution < -0.4 is 9.88 Å². The van der Waals surface area contributed by atoms with Crippen molar-refractivity contribution in [3.8, 4) is 5.88 Å². The lowest BCUT2D eigenvalue weighted by Gasteiger charge is -2.28. The number of aromatic nitrogens is 2. The first-order valence-electron chi connectivity index (χ1n) is 7.42. The molecule has 9 nitrogen and oxygen atoms in total. The van der Waals surface area contributed by atoms with Crippen molar-refractivity contribution < 1.29 is 22.7 Å². The highest BCUT2D eigenvalue weighted by Crippen LogP contribution is 2.27. The number of unbranched alkanes of at least 4 members (excludes halogenated alkanes) is 1. The molecule has 1 atom stereocenters. The number of sulfonamides is 1. The quantitative estimate of drug-likeness (QED) is 0.746. The molecule has 0 fully saturated rings. The van der Waals surface area contributed by atoms with E-state index in [1.807, 2.05) is 6.92 Å². The van der Waals surface area contributed by atoms with Gasteiger partial charge in [-0.1, -0.05) is 13.3 Å². The Hall–Kier alpha value is -1.81. The molecule has 2 heterocycles. The summed E-state index contributed by atoms with van der Waals surface area (Å²) in [6.45, 7) is 3.57. The van der Waals surface area contributed by atoms with E-state index in [1.165, 1.54) is 15.8 Å². The first kappa shape index (κ1) is 17.5. The van der Waals surface area contributed by atoms with Gasteiger partial charge in [0, 0.05) is 19.5 Å². The number of amides is 1. The number of fused-ring (bicyclic) bond motifs is 1. The second kappa shape index (κ2) is 7.18. The van der Waals surface area contributed by atoms with E-state index in [-0.39, 0.29) is 29.4 Å². The maximum Gasteiger partial charge on any atom is 0.409 e. The Kier molecular flexibility index (Phi) is 5.47. The van der Waals surface area contributed by atoms with Crippen LogP contribution in [0.1, 0.15) is 19.8 Å². The molecule has 1 aliphatic heterocycles. The van der Waals surface area contributed by atoms with Gasteiger partial charge < -0.3 is 14.4 Å². The molecule has 0 saturated heterocycles. The van der Waals surface area contributed by atoms with Gasteiger partial charge in [0.05, 0.1) is 26.0 Å². The van der Waals surface area contributed by atoms with Crippen LogP contribution in [-0.4, -0.2) is 56.0 Å². The molecule has 2 N–H and O–H groups in total. The second-order valence-corrected chi connectivity index (χ2v) is 7.10. The van der Waals surface area contributed by atoms with Crippen LogP contribution in [0.5, 0.6) is 5.88 Å². The highest BCUT2D eigenvalue weighted by atomic mass is 32.2. The third-order valence-corrected chi connectivity index (χ3v) is 4.41. The van der Waals surface area contributed by atoms with Gasteiger partial charge in [-0.2, -0.15) is 5.10 Å². The molecule has 0 saturated carbocycles. The topological polar surface area (TPSA) is 117 Å². The summed E-state index contributed by atoms with van der Waals surface area (Å²) in [5.74, 6) is 0.136. The standard InChI is InChI=1S/C13H22N4O5S/c1-3-4-5-21-13(18)16(2)7-10-8-17-12(22-9-10)11(6-15-17)23(14,19)20/h6,10H,3-5,7-9H2,1-2H3,(H2,14,19,20). The van der Waals surface area contributed by atoms with Crippen LogP contribution in [0.3, 0.4) is 0 Å². The minimum absolute atomic E-state index is 0.0144. The van der Waals surface area contributed by atoms with E-state index < -0.39 is 10.0 Å². The fraction of sp³-hybridized carbons (Fsp3) is 0.692. The van der Waals surface area contributed by atoms with Gasteiger partial charge in [-0.25, -0.2) is 23.0 Å². The third kappa shape index (κ3) is 4.35. The fourth-order valence-corrected chi connectivity index (χ4v) is 2.91. The summed E-state index contributed by atoms with van der Waals surface area (Å²) in [6, 6.07) is 0. The van der Waals surface area contributed by atoms with Gasteiger partial charge in [0.25, 0.3) is 0 Å². The number of nitrogens with zero attached hydrogens (tertiary/aromatic N) is 3. The zero-order valence-corrected chi connectivity index (χ0v) is 14.1. The minimum atomic E-state index is -3.86. The molecular weight excluding hydrogens is 324 g/mol. The molecule has 0 bridgehead atoms. The van der Waals surface area contributed by atoms with Gasteiger partial charge >= 0.3 is 6.09 Å². The van der Waals surface area contributed by atoms with Gasteiger partial charge in [0.1, 0.15) is 0 Å². The highest BCUT2D eigenvalue weighted by Gasteiger charge is 2.29. The van der Waals surface area contributed by atoms with Gasteiger partial charge in [-0.05, 0) is 6.42 Å². The third-order valence-electron chi connectivity index (χ3n) is 3.52. The smallest absolute Gasteiger partial charge is 0.409 e. The SMILES string of the molecule is CCCCOC(=O)N(C)CC1COc2c(S(N)(=O)=O)cnn2C1. The zero-order valence-electron chi connectivity index (χ0n) is 13.3. The van der Waals surface area contributed by atoms with Crippen LogP contribution in [-0.2, 0) is 21.3 Å². The normalized spacial score (nSPS) is 17.3. The van der Waals surface area contributed by atoms with Crippen molar-refractivity contribution >= 4 is 16.1 Å². The number of carbonyl (C=O) groups is 1. The van der Waals surface area contributed by atoms with E-state index in [0.717, 1.165) is 12.8 Å². The maximum atomic E-state index is 11.8. The lowest BCUT2D eigenvalue weighted by Crippen LogP contribution is -2.38. The summed E-state index contributed by atoms with van der Waals surface area (Å²) in [6.07, 6.45) is 2.59. The summed E-state index contributed by atoms with van der Waals surface area (Å²) in [7, 11) is -2.21. The van der Waals surface area contributed by atoms with Crippen molar-refractivity contribution in [3.05, 3.63) is 6.20 Å². The molecule has 23 heavy (non-hydrogen) atoms. The monoisotopic (exact) mass is 346 g/mol. The Morgan fingerprint density at radius 3 is 3.00 bits per heavy atom. The van der Waals surface area contributed by atoms with Crippen LogP contribution in [0.25, 0.3) is 0 Å². The molecule has 1 aromatic heterocycles. The number of carbonyl (C=O) groups excluding carboxylic acids is 1. The van der Waals surface area contributed by atoms with Crippen LogP contribution in [0.2, 0.25) is 0 Å². The van der Waals surface area contributed by atoms with Crippen LogP contribution in [0.15, 0.2) is 11.1 Å². The summed E-state index contributed by atoms with van der Waals surface area (Å²) in [4.78, 5) is 13.2. The van der Waals surface area contributed by atoms with Crippen LogP contribution >= 0.6 is 0 Å². The number of nitrogens with two attached hydrogens (primary N) is 1. The van der Waals surface area contributed by atoms with E-state index in [9.17, 15) is 13.2 Å². The zero-order chi connectivity index (χ0) is 17.0. The predicted octanol–water partition coefficient (Wildman–Crippen LogP) is 0.408. The van der Waals surface area contributed by atoms with E-state index >= 15 is 0 Å². The lowest BCUT2D eigenvalue weighted by molar-refractivity contribution is 0.0876. The van der Waals surface area contributed by atoms with Crippen molar-refractivity contribution in [2.24, 2.45) is 11.1 Å². The van der Waals surface area contributed by atoms with Gasteiger partial charge in [0.15, 0.2) is 4.90 Å². The number of hydrogen-bond acceptors (Lipinski definition) is 6. The predicted molar refractivity (Wildman–Crippen MR) is 81.5 cm³/mol. The van der Waals surface area contributed by atoms with E-state index in [0.29, 0.717) is 19.7 Å². The minimum Gasteiger partial charge on any atom is -0.476 e. The molecule has 1 aliphatic rings. The number of primary sulfonamides is 1. The Bertz CT molecular complexity index is 657. The van der Waals surface area contributed by atoms with Crippen molar-refractivity contribution in [2.75, 3.05) is 26.8 Å². The van der Waals surface area contributed by atoms with Gasteiger partial charge in [-0.15, -0.1) is 0 Å². The van der Waals surface area contributed by atoms with Gasteiger partial charge in [0.2, 0.25) is 15.9 Å². The molecule has 1 unspecified atom stereocenters. The van der Waals surface area contributed by atoms with E-state index in [2.05, 4.69) is 5.10 Å². The molecule has 0 aliphatic carbocycles. The van der Waals surface area contributed by atoms with Crippen molar-refractivity contribution in [2.45, 2.75) is 31.2 Å². The van der Waals surface area contributed by atoms with Gasteiger partial charge in [-0.3, -0.25) is 0 Å². The second-order valence-electron chi connectivity index (χ2n) is 5.57. The Labute approximate surface area is 135 Å². The Balaban J connectivity index is 1.93.